The summed E-state index contributed by atoms with van der Waals surface area (Å²) in [6.45, 7) is 0.969. The van der Waals surface area contributed by atoms with Gasteiger partial charge in [0.2, 0.25) is 0 Å². The van der Waals surface area contributed by atoms with Crippen LogP contribution in [0.2, 0.25) is 0 Å². The highest BCUT2D eigenvalue weighted by molar-refractivity contribution is 6.04. The summed E-state index contributed by atoms with van der Waals surface area (Å²) in [6, 6.07) is 7.87. The van der Waals surface area contributed by atoms with Gasteiger partial charge < -0.3 is 9.88 Å². The number of hydrogen-bond acceptors (Lipinski definition) is 4. The molecule has 3 aromatic rings. The predicted octanol–water partition coefficient (Wildman–Crippen LogP) is 3.85. The van der Waals surface area contributed by atoms with Crippen LogP contribution in [-0.4, -0.2) is 31.8 Å². The Labute approximate surface area is 150 Å². The summed E-state index contributed by atoms with van der Waals surface area (Å²) in [5, 5.41) is 9.62. The van der Waals surface area contributed by atoms with Crippen molar-refractivity contribution in [2.75, 3.05) is 5.32 Å². The molecule has 0 saturated carbocycles. The molecule has 0 saturated heterocycles. The number of nitrogens with one attached hydrogen (secondary N) is 1. The van der Waals surface area contributed by atoms with E-state index in [1.807, 2.05) is 0 Å². The van der Waals surface area contributed by atoms with Crippen molar-refractivity contribution in [1.29, 1.82) is 0 Å². The highest BCUT2D eigenvalue weighted by Crippen LogP contribution is 2.32. The third-order valence-electron chi connectivity index (χ3n) is 3.80. The van der Waals surface area contributed by atoms with E-state index in [4.69, 9.17) is 0 Å². The van der Waals surface area contributed by atoms with E-state index in [1.165, 1.54) is 36.4 Å². The van der Waals surface area contributed by atoms with Gasteiger partial charge in [-0.3, -0.25) is 4.79 Å². The van der Waals surface area contributed by atoms with Gasteiger partial charge in [0.25, 0.3) is 5.91 Å². The molecule has 0 radical (unpaired) electrons. The lowest BCUT2D eigenvalue weighted by atomic mass is 10.2. The van der Waals surface area contributed by atoms with Gasteiger partial charge in [-0.2, -0.15) is 13.2 Å². The van der Waals surface area contributed by atoms with Crippen LogP contribution in [0.5, 0.6) is 0 Å². The average molecular weight is 379 g/mol. The number of hydrogen-bond donors (Lipinski definition) is 1. The summed E-state index contributed by atoms with van der Waals surface area (Å²) in [6.07, 6.45) is -3.53. The summed E-state index contributed by atoms with van der Waals surface area (Å²) in [7, 11) is 0. The third-order valence-corrected chi connectivity index (χ3v) is 3.80. The van der Waals surface area contributed by atoms with Crippen molar-refractivity contribution < 1.29 is 22.4 Å². The Bertz CT molecular complexity index is 970. The number of carbonyl (C=O) groups is 1. The number of anilines is 1. The van der Waals surface area contributed by atoms with Crippen molar-refractivity contribution in [2.45, 2.75) is 19.1 Å². The second kappa shape index (κ2) is 7.14. The zero-order chi connectivity index (χ0) is 19.6. The second-order valence-corrected chi connectivity index (χ2v) is 5.62. The minimum atomic E-state index is -4.49. The molecule has 10 heteroatoms. The van der Waals surface area contributed by atoms with E-state index < -0.39 is 23.9 Å². The summed E-state index contributed by atoms with van der Waals surface area (Å²) in [4.78, 5) is 16.3. The smallest absolute Gasteiger partial charge is 0.306 e. The first-order valence-electron chi connectivity index (χ1n) is 7.77. The Morgan fingerprint density at radius 3 is 2.59 bits per heavy atom. The van der Waals surface area contributed by atoms with Gasteiger partial charge in [-0.15, -0.1) is 10.2 Å². The van der Waals surface area contributed by atoms with Crippen molar-refractivity contribution in [1.82, 2.24) is 19.7 Å². The van der Waals surface area contributed by atoms with Gasteiger partial charge >= 0.3 is 6.18 Å². The number of carbonyl (C=O) groups excluding carboxylic acids is 1. The highest BCUT2D eigenvalue weighted by Gasteiger charge is 2.38. The number of aromatic nitrogens is 4. The van der Waals surface area contributed by atoms with E-state index in [2.05, 4.69) is 20.5 Å². The molecule has 2 heterocycles. The molecular formula is C17H13F4N5O. The number of nitrogens with zero attached hydrogens (tertiary/aromatic N) is 4. The van der Waals surface area contributed by atoms with Gasteiger partial charge in [0.05, 0.1) is 5.56 Å². The first-order chi connectivity index (χ1) is 12.8. The lowest BCUT2D eigenvalue weighted by Gasteiger charge is -2.18. The van der Waals surface area contributed by atoms with Crippen molar-refractivity contribution in [3.8, 4) is 11.5 Å². The molecule has 1 aromatic carbocycles. The molecule has 27 heavy (non-hydrogen) atoms. The molecule has 1 atom stereocenters. The quantitative estimate of drug-likeness (QED) is 0.699. The van der Waals surface area contributed by atoms with Crippen LogP contribution in [0.4, 0.5) is 23.4 Å². The van der Waals surface area contributed by atoms with Gasteiger partial charge in [0, 0.05) is 0 Å². The Morgan fingerprint density at radius 2 is 1.89 bits per heavy atom. The van der Waals surface area contributed by atoms with Gasteiger partial charge in [-0.25, -0.2) is 9.37 Å². The SMILES string of the molecule is CC(n1cnnc1-c1cccc(NC(=O)c2ccccc2F)n1)C(F)(F)F. The van der Waals surface area contributed by atoms with Crippen molar-refractivity contribution in [2.24, 2.45) is 0 Å². The van der Waals surface area contributed by atoms with Gasteiger partial charge in [-0.1, -0.05) is 18.2 Å². The first kappa shape index (κ1) is 18.5. The molecule has 0 aliphatic carbocycles. The van der Waals surface area contributed by atoms with Crippen molar-refractivity contribution in [3.63, 3.8) is 0 Å². The topological polar surface area (TPSA) is 72.7 Å². The number of amides is 1. The Balaban J connectivity index is 1.88. The van der Waals surface area contributed by atoms with E-state index in [0.29, 0.717) is 0 Å². The van der Waals surface area contributed by atoms with E-state index in [1.54, 1.807) is 0 Å². The number of alkyl halides is 3. The minimum absolute atomic E-state index is 0.0370. The fourth-order valence-corrected chi connectivity index (χ4v) is 2.32. The summed E-state index contributed by atoms with van der Waals surface area (Å²) in [5.74, 6) is -1.51. The van der Waals surface area contributed by atoms with Crippen molar-refractivity contribution in [3.05, 3.63) is 60.2 Å². The first-order valence-corrected chi connectivity index (χ1v) is 7.77. The van der Waals surface area contributed by atoms with Crippen LogP contribution >= 0.6 is 0 Å². The maximum atomic E-state index is 13.7. The summed E-state index contributed by atoms with van der Waals surface area (Å²) < 4.78 is 53.5. The molecule has 0 aliphatic heterocycles. The zero-order valence-electron chi connectivity index (χ0n) is 13.9. The van der Waals surface area contributed by atoms with E-state index in [-0.39, 0.29) is 22.9 Å². The van der Waals surface area contributed by atoms with Crippen LogP contribution < -0.4 is 5.32 Å². The second-order valence-electron chi connectivity index (χ2n) is 5.62. The molecule has 1 unspecified atom stereocenters. The number of benzene rings is 1. The molecule has 3 rings (SSSR count). The molecule has 1 amide bonds. The molecule has 0 spiro atoms. The minimum Gasteiger partial charge on any atom is -0.306 e. The van der Waals surface area contributed by atoms with Crippen molar-refractivity contribution >= 4 is 11.7 Å². The largest absolute Gasteiger partial charge is 0.408 e. The van der Waals surface area contributed by atoms with E-state index in [9.17, 15) is 22.4 Å². The number of rotatable bonds is 4. The summed E-state index contributed by atoms with van der Waals surface area (Å²) >= 11 is 0. The standard InChI is InChI=1S/C17H13F4N5O/c1-10(17(19,20)21)26-9-22-25-15(26)13-7-4-8-14(23-13)24-16(27)11-5-2-3-6-12(11)18/h2-10H,1H3,(H,23,24,27). The summed E-state index contributed by atoms with van der Waals surface area (Å²) in [5.41, 5.74) is -0.103. The van der Waals surface area contributed by atoms with Crippen LogP contribution in [0.25, 0.3) is 11.5 Å². The van der Waals surface area contributed by atoms with Crippen LogP contribution in [-0.2, 0) is 0 Å². The van der Waals surface area contributed by atoms with E-state index >= 15 is 0 Å². The molecule has 0 fully saturated rings. The van der Waals surface area contributed by atoms with Gasteiger partial charge in [0.1, 0.15) is 29.7 Å². The van der Waals surface area contributed by atoms with Crippen LogP contribution in [0, 0.1) is 5.82 Å². The number of halogens is 4. The van der Waals surface area contributed by atoms with Gasteiger partial charge in [0.15, 0.2) is 5.82 Å². The molecule has 0 bridgehead atoms. The Hall–Kier alpha value is -3.30. The normalized spacial score (nSPS) is 12.6. The highest BCUT2D eigenvalue weighted by atomic mass is 19.4. The molecule has 140 valence electrons. The fourth-order valence-electron chi connectivity index (χ4n) is 2.32. The third kappa shape index (κ3) is 3.94. The maximum absolute atomic E-state index is 13.7. The average Bonchev–Trinajstić information content (AvgIpc) is 3.10. The zero-order valence-corrected chi connectivity index (χ0v) is 13.9. The Morgan fingerprint density at radius 1 is 1.15 bits per heavy atom. The monoisotopic (exact) mass is 379 g/mol. The van der Waals surface area contributed by atoms with E-state index in [0.717, 1.165) is 23.9 Å². The number of pyridine rings is 1. The van der Waals surface area contributed by atoms with Crippen LogP contribution in [0.3, 0.4) is 0 Å². The molecular weight excluding hydrogens is 366 g/mol. The molecule has 0 aliphatic rings. The lowest BCUT2D eigenvalue weighted by Crippen LogP contribution is -2.24. The molecule has 2 aromatic heterocycles. The van der Waals surface area contributed by atoms with Crippen LogP contribution in [0.1, 0.15) is 23.3 Å². The Kier molecular flexibility index (Phi) is 4.89. The molecule has 1 N–H and O–H groups in total. The van der Waals surface area contributed by atoms with Crippen LogP contribution in [0.15, 0.2) is 48.8 Å². The van der Waals surface area contributed by atoms with Gasteiger partial charge in [-0.05, 0) is 31.2 Å². The predicted molar refractivity (Wildman–Crippen MR) is 88.4 cm³/mol. The fraction of sp³-hybridized carbons (Fsp3) is 0.176. The lowest BCUT2D eigenvalue weighted by molar-refractivity contribution is -0.162. The molecule has 6 nitrogen and oxygen atoms in total. The maximum Gasteiger partial charge on any atom is 0.408 e.